The summed E-state index contributed by atoms with van der Waals surface area (Å²) in [6, 6.07) is 8.33. The topological polar surface area (TPSA) is 41.5 Å². The molecule has 1 rings (SSSR count). The van der Waals surface area contributed by atoms with E-state index in [-0.39, 0.29) is 6.61 Å². The van der Waals surface area contributed by atoms with Crippen LogP contribution in [-0.4, -0.2) is 25.4 Å². The Bertz CT molecular complexity index is 271. The molecule has 3 nitrogen and oxygen atoms in total. The van der Waals surface area contributed by atoms with E-state index in [4.69, 9.17) is 9.84 Å². The first-order valence-electron chi connectivity index (χ1n) is 5.30. The second-order valence-corrected chi connectivity index (χ2v) is 3.41. The van der Waals surface area contributed by atoms with Crippen molar-refractivity contribution in [1.29, 1.82) is 0 Å². The van der Waals surface area contributed by atoms with Gasteiger partial charge < -0.3 is 15.2 Å². The number of aliphatic hydroxyl groups is 1. The largest absolute Gasteiger partial charge is 0.497 e. The molecule has 0 spiro atoms. The molecule has 0 aliphatic heterocycles. The number of rotatable bonds is 6. The van der Waals surface area contributed by atoms with E-state index in [0.29, 0.717) is 12.6 Å². The Labute approximate surface area is 91.1 Å². The van der Waals surface area contributed by atoms with Crippen molar-refractivity contribution in [3.8, 4) is 5.75 Å². The summed E-state index contributed by atoms with van der Waals surface area (Å²) in [5.41, 5.74) is 1.23. The number of ether oxygens (including phenoxy) is 1. The SMILES string of the molecule is CC[C@H](NCCO)c1ccc(OC)cc1. The fraction of sp³-hybridized carbons (Fsp3) is 0.500. The van der Waals surface area contributed by atoms with Gasteiger partial charge in [0.25, 0.3) is 0 Å². The Morgan fingerprint density at radius 3 is 2.47 bits per heavy atom. The molecule has 0 unspecified atom stereocenters. The van der Waals surface area contributed by atoms with Crippen molar-refractivity contribution in [2.45, 2.75) is 19.4 Å². The maximum Gasteiger partial charge on any atom is 0.118 e. The van der Waals surface area contributed by atoms with Crippen molar-refractivity contribution in [3.05, 3.63) is 29.8 Å². The monoisotopic (exact) mass is 209 g/mol. The van der Waals surface area contributed by atoms with Gasteiger partial charge >= 0.3 is 0 Å². The molecule has 15 heavy (non-hydrogen) atoms. The van der Waals surface area contributed by atoms with E-state index in [2.05, 4.69) is 24.4 Å². The highest BCUT2D eigenvalue weighted by Crippen LogP contribution is 2.19. The van der Waals surface area contributed by atoms with Gasteiger partial charge in [-0.05, 0) is 24.1 Å². The zero-order valence-corrected chi connectivity index (χ0v) is 9.36. The molecule has 0 aliphatic carbocycles. The summed E-state index contributed by atoms with van der Waals surface area (Å²) >= 11 is 0. The van der Waals surface area contributed by atoms with Gasteiger partial charge in [-0.1, -0.05) is 19.1 Å². The average Bonchev–Trinajstić information content (AvgIpc) is 2.31. The summed E-state index contributed by atoms with van der Waals surface area (Å²) < 4.78 is 5.10. The molecular weight excluding hydrogens is 190 g/mol. The minimum absolute atomic E-state index is 0.173. The maximum absolute atomic E-state index is 8.76. The number of hydrogen-bond donors (Lipinski definition) is 2. The van der Waals surface area contributed by atoms with Gasteiger partial charge in [0.05, 0.1) is 13.7 Å². The molecular formula is C12H19NO2. The van der Waals surface area contributed by atoms with Crippen LogP contribution in [0.15, 0.2) is 24.3 Å². The zero-order chi connectivity index (χ0) is 11.1. The van der Waals surface area contributed by atoms with E-state index in [1.165, 1.54) is 5.56 Å². The molecule has 0 aliphatic rings. The predicted octanol–water partition coefficient (Wildman–Crippen LogP) is 1.73. The molecule has 0 fully saturated rings. The first-order valence-corrected chi connectivity index (χ1v) is 5.30. The Hall–Kier alpha value is -1.06. The van der Waals surface area contributed by atoms with Crippen molar-refractivity contribution in [1.82, 2.24) is 5.32 Å². The van der Waals surface area contributed by atoms with Gasteiger partial charge in [0.1, 0.15) is 5.75 Å². The first-order chi connectivity index (χ1) is 7.31. The van der Waals surface area contributed by atoms with Crippen LogP contribution < -0.4 is 10.1 Å². The van der Waals surface area contributed by atoms with Gasteiger partial charge in [-0.2, -0.15) is 0 Å². The Kier molecular flexibility index (Phi) is 5.15. The van der Waals surface area contributed by atoms with Crippen LogP contribution >= 0.6 is 0 Å². The molecule has 1 aromatic carbocycles. The molecule has 84 valence electrons. The zero-order valence-electron chi connectivity index (χ0n) is 9.36. The fourth-order valence-electron chi connectivity index (χ4n) is 1.57. The van der Waals surface area contributed by atoms with Crippen LogP contribution in [0, 0.1) is 0 Å². The van der Waals surface area contributed by atoms with Crippen LogP contribution in [-0.2, 0) is 0 Å². The molecule has 0 saturated carbocycles. The predicted molar refractivity (Wildman–Crippen MR) is 61.1 cm³/mol. The van der Waals surface area contributed by atoms with E-state index in [1.807, 2.05) is 12.1 Å². The lowest BCUT2D eigenvalue weighted by atomic mass is 10.0. The lowest BCUT2D eigenvalue weighted by Crippen LogP contribution is -2.23. The molecule has 1 atom stereocenters. The van der Waals surface area contributed by atoms with Crippen molar-refractivity contribution in [2.24, 2.45) is 0 Å². The normalized spacial score (nSPS) is 12.5. The van der Waals surface area contributed by atoms with Crippen molar-refractivity contribution < 1.29 is 9.84 Å². The number of benzene rings is 1. The molecule has 0 amide bonds. The summed E-state index contributed by atoms with van der Waals surface area (Å²) in [7, 11) is 1.66. The molecule has 3 heteroatoms. The van der Waals surface area contributed by atoms with E-state index in [9.17, 15) is 0 Å². The molecule has 0 bridgehead atoms. The smallest absolute Gasteiger partial charge is 0.118 e. The Morgan fingerprint density at radius 1 is 1.33 bits per heavy atom. The van der Waals surface area contributed by atoms with Crippen LogP contribution in [0.2, 0.25) is 0 Å². The highest BCUT2D eigenvalue weighted by Gasteiger charge is 2.07. The van der Waals surface area contributed by atoms with E-state index >= 15 is 0 Å². The molecule has 2 N–H and O–H groups in total. The lowest BCUT2D eigenvalue weighted by molar-refractivity contribution is 0.283. The minimum atomic E-state index is 0.173. The van der Waals surface area contributed by atoms with Crippen LogP contribution in [0.5, 0.6) is 5.75 Å². The quantitative estimate of drug-likeness (QED) is 0.749. The Morgan fingerprint density at radius 2 is 2.00 bits per heavy atom. The summed E-state index contributed by atoms with van der Waals surface area (Å²) in [5, 5.41) is 12.0. The van der Waals surface area contributed by atoms with Crippen LogP contribution in [0.4, 0.5) is 0 Å². The van der Waals surface area contributed by atoms with Gasteiger partial charge in [-0.15, -0.1) is 0 Å². The van der Waals surface area contributed by atoms with Crippen LogP contribution in [0.1, 0.15) is 24.9 Å². The number of methoxy groups -OCH3 is 1. The fourth-order valence-corrected chi connectivity index (χ4v) is 1.57. The molecule has 0 heterocycles. The standard InChI is InChI=1S/C12H19NO2/c1-3-12(13-8-9-14)10-4-6-11(15-2)7-5-10/h4-7,12-14H,3,8-9H2,1-2H3/t12-/m0/s1. The van der Waals surface area contributed by atoms with Crippen molar-refractivity contribution in [3.63, 3.8) is 0 Å². The molecule has 0 saturated heterocycles. The summed E-state index contributed by atoms with van der Waals surface area (Å²) in [6.45, 7) is 2.93. The van der Waals surface area contributed by atoms with E-state index in [0.717, 1.165) is 12.2 Å². The molecule has 0 aromatic heterocycles. The van der Waals surface area contributed by atoms with E-state index < -0.39 is 0 Å². The second kappa shape index (κ2) is 6.43. The van der Waals surface area contributed by atoms with Gasteiger partial charge in [-0.25, -0.2) is 0 Å². The van der Waals surface area contributed by atoms with Gasteiger partial charge in [-0.3, -0.25) is 0 Å². The van der Waals surface area contributed by atoms with Crippen molar-refractivity contribution >= 4 is 0 Å². The third-order valence-corrected chi connectivity index (χ3v) is 2.43. The number of hydrogen-bond acceptors (Lipinski definition) is 3. The first kappa shape index (κ1) is 12.0. The number of aliphatic hydroxyl groups excluding tert-OH is 1. The third kappa shape index (κ3) is 3.53. The number of nitrogens with one attached hydrogen (secondary N) is 1. The summed E-state index contributed by atoms with van der Waals surface area (Å²) in [4.78, 5) is 0. The molecule has 1 aromatic rings. The maximum atomic E-state index is 8.76. The highest BCUT2D eigenvalue weighted by molar-refractivity contribution is 5.29. The van der Waals surface area contributed by atoms with Gasteiger partial charge in [0, 0.05) is 12.6 Å². The van der Waals surface area contributed by atoms with Gasteiger partial charge in [0.2, 0.25) is 0 Å². The van der Waals surface area contributed by atoms with Crippen LogP contribution in [0.25, 0.3) is 0 Å². The lowest BCUT2D eigenvalue weighted by Gasteiger charge is -2.16. The molecule has 0 radical (unpaired) electrons. The average molecular weight is 209 g/mol. The minimum Gasteiger partial charge on any atom is -0.497 e. The highest BCUT2D eigenvalue weighted by atomic mass is 16.5. The third-order valence-electron chi connectivity index (χ3n) is 2.43. The summed E-state index contributed by atoms with van der Waals surface area (Å²) in [6.07, 6.45) is 1.01. The summed E-state index contributed by atoms with van der Waals surface area (Å²) in [5.74, 6) is 0.871. The van der Waals surface area contributed by atoms with E-state index in [1.54, 1.807) is 7.11 Å². The van der Waals surface area contributed by atoms with Crippen LogP contribution in [0.3, 0.4) is 0 Å². The van der Waals surface area contributed by atoms with Crippen molar-refractivity contribution in [2.75, 3.05) is 20.3 Å². The second-order valence-electron chi connectivity index (χ2n) is 3.41. The Balaban J connectivity index is 2.65. The van der Waals surface area contributed by atoms with Gasteiger partial charge in [0.15, 0.2) is 0 Å².